The van der Waals surface area contributed by atoms with Gasteiger partial charge in [0.2, 0.25) is 11.8 Å². The van der Waals surface area contributed by atoms with Crippen LogP contribution in [-0.4, -0.2) is 48.4 Å². The largest absolute Gasteiger partial charge is 0.354 e. The van der Waals surface area contributed by atoms with Crippen molar-refractivity contribution in [2.24, 2.45) is 0 Å². The predicted octanol–water partition coefficient (Wildman–Crippen LogP) is 1.50. The summed E-state index contributed by atoms with van der Waals surface area (Å²) in [6.45, 7) is 5.97. The third-order valence-electron chi connectivity index (χ3n) is 4.27. The molecule has 25 heavy (non-hydrogen) atoms. The van der Waals surface area contributed by atoms with E-state index in [2.05, 4.69) is 16.0 Å². The first-order chi connectivity index (χ1) is 12.0. The number of hydrogen-bond acceptors (Lipinski definition) is 3. The Bertz CT molecular complexity index is 611. The monoisotopic (exact) mass is 346 g/mol. The minimum Gasteiger partial charge on any atom is -0.354 e. The number of benzene rings is 1. The van der Waals surface area contributed by atoms with Gasteiger partial charge in [-0.2, -0.15) is 0 Å². The second-order valence-electron chi connectivity index (χ2n) is 6.02. The van der Waals surface area contributed by atoms with Crippen molar-refractivity contribution < 1.29 is 14.4 Å². The first-order valence-electron chi connectivity index (χ1n) is 8.75. The number of carbonyl (C=O) groups excluding carboxylic acids is 3. The quantitative estimate of drug-likeness (QED) is 0.729. The Morgan fingerprint density at radius 1 is 1.20 bits per heavy atom. The molecule has 4 amide bonds. The smallest absolute Gasteiger partial charge is 0.319 e. The lowest BCUT2D eigenvalue weighted by atomic mass is 10.1. The average Bonchev–Trinajstić information content (AvgIpc) is 2.60. The van der Waals surface area contributed by atoms with Crippen LogP contribution in [0.1, 0.15) is 32.3 Å². The summed E-state index contributed by atoms with van der Waals surface area (Å²) < 4.78 is 0. The molecule has 0 aliphatic carbocycles. The summed E-state index contributed by atoms with van der Waals surface area (Å²) >= 11 is 0. The van der Waals surface area contributed by atoms with Gasteiger partial charge in [-0.3, -0.25) is 9.59 Å². The second-order valence-corrected chi connectivity index (χ2v) is 6.02. The lowest BCUT2D eigenvalue weighted by Gasteiger charge is -2.22. The van der Waals surface area contributed by atoms with Crippen LogP contribution < -0.4 is 16.0 Å². The van der Waals surface area contributed by atoms with Crippen molar-refractivity contribution in [3.8, 4) is 0 Å². The summed E-state index contributed by atoms with van der Waals surface area (Å²) in [5.74, 6) is -0.0570. The molecule has 1 saturated heterocycles. The highest BCUT2D eigenvalue weighted by atomic mass is 16.2. The third-order valence-corrected chi connectivity index (χ3v) is 4.27. The van der Waals surface area contributed by atoms with E-state index in [1.54, 1.807) is 17.0 Å². The van der Waals surface area contributed by atoms with E-state index in [1.165, 1.54) is 0 Å². The Balaban J connectivity index is 1.86. The van der Waals surface area contributed by atoms with Gasteiger partial charge in [-0.25, -0.2) is 4.79 Å². The molecule has 0 aromatic heterocycles. The molecule has 1 unspecified atom stereocenters. The van der Waals surface area contributed by atoms with Gasteiger partial charge in [-0.15, -0.1) is 0 Å². The highest BCUT2D eigenvalue weighted by molar-refractivity contribution is 5.94. The van der Waals surface area contributed by atoms with E-state index in [-0.39, 0.29) is 11.8 Å². The van der Waals surface area contributed by atoms with E-state index in [4.69, 9.17) is 0 Å². The number of likely N-dealkylation sites (N-methyl/N-ethyl adjacent to an activating group) is 1. The summed E-state index contributed by atoms with van der Waals surface area (Å²) in [5, 5.41) is 8.11. The van der Waals surface area contributed by atoms with Gasteiger partial charge in [-0.05, 0) is 44.4 Å². The van der Waals surface area contributed by atoms with Crippen LogP contribution in [0, 0.1) is 0 Å². The number of piperidine rings is 1. The number of rotatable bonds is 6. The summed E-state index contributed by atoms with van der Waals surface area (Å²) in [4.78, 5) is 37.5. The highest BCUT2D eigenvalue weighted by Gasteiger charge is 2.23. The molecule has 136 valence electrons. The molecule has 1 aliphatic heterocycles. The summed E-state index contributed by atoms with van der Waals surface area (Å²) in [6.07, 6.45) is 1.84. The highest BCUT2D eigenvalue weighted by Crippen LogP contribution is 2.11. The molecule has 0 saturated carbocycles. The maximum Gasteiger partial charge on any atom is 0.319 e. The molecule has 0 spiro atoms. The number of carbonyl (C=O) groups is 3. The predicted molar refractivity (Wildman–Crippen MR) is 96.3 cm³/mol. The van der Waals surface area contributed by atoms with Crippen LogP contribution in [-0.2, 0) is 16.0 Å². The lowest BCUT2D eigenvalue weighted by Crippen LogP contribution is -2.51. The van der Waals surface area contributed by atoms with Crippen molar-refractivity contribution in [2.75, 3.05) is 25.0 Å². The summed E-state index contributed by atoms with van der Waals surface area (Å²) in [5.41, 5.74) is 1.52. The maximum absolute atomic E-state index is 12.1. The molecule has 0 bridgehead atoms. The molecule has 1 aliphatic rings. The van der Waals surface area contributed by atoms with Crippen LogP contribution in [0.15, 0.2) is 24.3 Å². The van der Waals surface area contributed by atoms with Gasteiger partial charge in [-0.1, -0.05) is 12.1 Å². The van der Waals surface area contributed by atoms with E-state index in [0.717, 1.165) is 12.0 Å². The van der Waals surface area contributed by atoms with Crippen LogP contribution in [0.5, 0.6) is 0 Å². The molecule has 7 nitrogen and oxygen atoms in total. The zero-order valence-electron chi connectivity index (χ0n) is 14.8. The maximum atomic E-state index is 12.1. The second kappa shape index (κ2) is 9.05. The molecule has 1 aromatic rings. The van der Waals surface area contributed by atoms with Gasteiger partial charge in [0.25, 0.3) is 0 Å². The Hall–Kier alpha value is -2.57. The SMILES string of the molecule is CCN(CC)C(=O)Cc1ccc(NC(=O)NC2CCCNC2=O)cc1. The number of nitrogens with zero attached hydrogens (tertiary/aromatic N) is 1. The van der Waals surface area contributed by atoms with Gasteiger partial charge < -0.3 is 20.9 Å². The fourth-order valence-corrected chi connectivity index (χ4v) is 2.80. The standard InChI is InChI=1S/C18H26N4O3/c1-3-22(4-2)16(23)12-13-7-9-14(10-8-13)20-18(25)21-15-6-5-11-19-17(15)24/h7-10,15H,3-6,11-12H2,1-2H3,(H,19,24)(H2,20,21,25). The summed E-state index contributed by atoms with van der Waals surface area (Å²) in [6, 6.07) is 6.26. The molecule has 0 radical (unpaired) electrons. The molecular weight excluding hydrogens is 320 g/mol. The van der Waals surface area contributed by atoms with E-state index in [0.29, 0.717) is 38.2 Å². The van der Waals surface area contributed by atoms with Crippen LogP contribution in [0.2, 0.25) is 0 Å². The number of nitrogens with one attached hydrogen (secondary N) is 3. The van der Waals surface area contributed by atoms with Crippen molar-refractivity contribution in [3.63, 3.8) is 0 Å². The number of hydrogen-bond donors (Lipinski definition) is 3. The van der Waals surface area contributed by atoms with Gasteiger partial charge in [0, 0.05) is 25.3 Å². The Morgan fingerprint density at radius 3 is 2.48 bits per heavy atom. The van der Waals surface area contributed by atoms with Crippen LogP contribution in [0.4, 0.5) is 10.5 Å². The zero-order chi connectivity index (χ0) is 18.2. The Labute approximate surface area is 148 Å². The zero-order valence-corrected chi connectivity index (χ0v) is 14.8. The minimum absolute atomic E-state index is 0.0896. The van der Waals surface area contributed by atoms with Crippen molar-refractivity contribution in [3.05, 3.63) is 29.8 Å². The van der Waals surface area contributed by atoms with Crippen LogP contribution in [0.3, 0.4) is 0 Å². The van der Waals surface area contributed by atoms with Crippen LogP contribution in [0.25, 0.3) is 0 Å². The fraction of sp³-hybridized carbons (Fsp3) is 0.500. The molecule has 1 fully saturated rings. The molecule has 1 atom stereocenters. The van der Waals surface area contributed by atoms with Gasteiger partial charge in [0.15, 0.2) is 0 Å². The normalized spacial score (nSPS) is 16.7. The first-order valence-corrected chi connectivity index (χ1v) is 8.75. The molecule has 1 heterocycles. The van der Waals surface area contributed by atoms with Crippen molar-refractivity contribution in [1.82, 2.24) is 15.5 Å². The first kappa shape index (κ1) is 18.8. The number of urea groups is 1. The van der Waals surface area contributed by atoms with Crippen molar-refractivity contribution in [1.29, 1.82) is 0 Å². The third kappa shape index (κ3) is 5.48. The topological polar surface area (TPSA) is 90.5 Å². The van der Waals surface area contributed by atoms with Gasteiger partial charge >= 0.3 is 6.03 Å². The van der Waals surface area contributed by atoms with Gasteiger partial charge in [0.1, 0.15) is 6.04 Å². The lowest BCUT2D eigenvalue weighted by molar-refractivity contribution is -0.130. The van der Waals surface area contributed by atoms with Crippen molar-refractivity contribution >= 4 is 23.5 Å². The van der Waals surface area contributed by atoms with E-state index in [1.807, 2.05) is 26.0 Å². The number of amides is 4. The Kier molecular flexibility index (Phi) is 6.80. The van der Waals surface area contributed by atoms with Gasteiger partial charge in [0.05, 0.1) is 6.42 Å². The van der Waals surface area contributed by atoms with Crippen molar-refractivity contribution in [2.45, 2.75) is 39.2 Å². The molecular formula is C18H26N4O3. The molecule has 7 heteroatoms. The Morgan fingerprint density at radius 2 is 1.88 bits per heavy atom. The fourth-order valence-electron chi connectivity index (χ4n) is 2.80. The molecule has 2 rings (SSSR count). The van der Waals surface area contributed by atoms with Crippen LogP contribution >= 0.6 is 0 Å². The van der Waals surface area contributed by atoms with E-state index < -0.39 is 12.1 Å². The van der Waals surface area contributed by atoms with E-state index in [9.17, 15) is 14.4 Å². The molecule has 3 N–H and O–H groups in total. The summed E-state index contributed by atoms with van der Waals surface area (Å²) in [7, 11) is 0. The minimum atomic E-state index is -0.486. The average molecular weight is 346 g/mol. The molecule has 1 aromatic carbocycles. The van der Waals surface area contributed by atoms with E-state index >= 15 is 0 Å². The number of anilines is 1.